The van der Waals surface area contributed by atoms with Crippen LogP contribution in [0.2, 0.25) is 0 Å². The number of hydrogen-bond acceptors (Lipinski definition) is 1. The lowest BCUT2D eigenvalue weighted by atomic mass is 9.79. The minimum Gasteiger partial charge on any atom is -0.395 e. The van der Waals surface area contributed by atoms with Gasteiger partial charge < -0.3 is 5.11 Å². The van der Waals surface area contributed by atoms with Crippen molar-refractivity contribution < 1.29 is 53.4 Å². The maximum Gasteiger partial charge on any atom is 0.454 e. The molecular formula is C6H3F11O. The summed E-state index contributed by atoms with van der Waals surface area (Å²) in [6.07, 6.45) is -21.3. The summed E-state index contributed by atoms with van der Waals surface area (Å²) in [6.45, 7) is -3.49. The molecule has 0 aliphatic carbocycles. The second-order valence-electron chi connectivity index (χ2n) is 3.13. The molecule has 110 valence electrons. The van der Waals surface area contributed by atoms with Crippen LogP contribution in [-0.4, -0.2) is 36.2 Å². The minimum atomic E-state index is -7.23. The Kier molecular flexibility index (Phi) is 3.91. The van der Waals surface area contributed by atoms with Crippen molar-refractivity contribution >= 4 is 0 Å². The molecule has 0 aliphatic rings. The predicted octanol–water partition coefficient (Wildman–Crippen LogP) is 3.29. The van der Waals surface area contributed by atoms with E-state index in [4.69, 9.17) is 5.11 Å². The number of rotatable bonds is 2. The Balaban J connectivity index is 6.27. The number of alkyl halides is 11. The molecule has 18 heavy (non-hydrogen) atoms. The molecule has 0 radical (unpaired) electrons. The highest BCUT2D eigenvalue weighted by Crippen LogP contribution is 2.62. The van der Waals surface area contributed by atoms with Crippen molar-refractivity contribution in [1.82, 2.24) is 0 Å². The first-order valence-corrected chi connectivity index (χ1v) is 3.75. The second kappa shape index (κ2) is 4.10. The Morgan fingerprint density at radius 2 is 0.833 bits per heavy atom. The Labute approximate surface area is 91.2 Å². The maximum atomic E-state index is 12.5. The average molecular weight is 300 g/mol. The zero-order valence-corrected chi connectivity index (χ0v) is 7.81. The predicted molar refractivity (Wildman–Crippen MR) is 32.6 cm³/mol. The Morgan fingerprint density at radius 1 is 0.556 bits per heavy atom. The first-order chi connectivity index (χ1) is 7.56. The lowest BCUT2D eigenvalue weighted by Crippen LogP contribution is -2.68. The molecule has 1 N–H and O–H groups in total. The van der Waals surface area contributed by atoms with E-state index >= 15 is 0 Å². The van der Waals surface area contributed by atoms with Crippen LogP contribution in [0.15, 0.2) is 0 Å². The van der Waals surface area contributed by atoms with Crippen LogP contribution in [-0.2, 0) is 0 Å². The summed E-state index contributed by atoms with van der Waals surface area (Å²) >= 11 is 0. The van der Waals surface area contributed by atoms with Crippen LogP contribution in [0.5, 0.6) is 0 Å². The van der Waals surface area contributed by atoms with E-state index in [2.05, 4.69) is 0 Å². The maximum absolute atomic E-state index is 12.5. The van der Waals surface area contributed by atoms with Crippen molar-refractivity contribution in [3.63, 3.8) is 0 Å². The Bertz CT molecular complexity index is 280. The number of aliphatic hydroxyl groups is 1. The van der Waals surface area contributed by atoms with Crippen LogP contribution >= 0.6 is 0 Å². The van der Waals surface area contributed by atoms with Crippen molar-refractivity contribution in [2.45, 2.75) is 24.5 Å². The first kappa shape index (κ1) is 17.2. The highest BCUT2D eigenvalue weighted by molar-refractivity contribution is 5.06. The molecule has 0 atom stereocenters. The van der Waals surface area contributed by atoms with Gasteiger partial charge in [-0.1, -0.05) is 0 Å². The monoisotopic (exact) mass is 300 g/mol. The molecule has 0 spiro atoms. The van der Waals surface area contributed by atoms with Gasteiger partial charge in [0.25, 0.3) is 5.41 Å². The smallest absolute Gasteiger partial charge is 0.395 e. The molecule has 0 bridgehead atoms. The third-order valence-electron chi connectivity index (χ3n) is 2.10. The fourth-order valence-corrected chi connectivity index (χ4v) is 1.04. The fourth-order valence-electron chi connectivity index (χ4n) is 1.04. The van der Waals surface area contributed by atoms with E-state index < -0.39 is 36.5 Å². The van der Waals surface area contributed by atoms with Gasteiger partial charge in [0.15, 0.2) is 0 Å². The lowest BCUT2D eigenvalue weighted by molar-refractivity contribution is -0.453. The van der Waals surface area contributed by atoms with E-state index in [1.54, 1.807) is 0 Å². The largest absolute Gasteiger partial charge is 0.454 e. The van der Waals surface area contributed by atoms with E-state index in [-0.39, 0.29) is 0 Å². The Hall–Kier alpha value is -0.810. The van der Waals surface area contributed by atoms with E-state index in [0.717, 1.165) is 0 Å². The van der Waals surface area contributed by atoms with E-state index in [0.29, 0.717) is 0 Å². The van der Waals surface area contributed by atoms with Gasteiger partial charge in [-0.2, -0.15) is 48.3 Å². The van der Waals surface area contributed by atoms with E-state index in [1.165, 1.54) is 0 Å². The van der Waals surface area contributed by atoms with Crippen molar-refractivity contribution in [1.29, 1.82) is 0 Å². The molecule has 0 unspecified atom stereocenters. The van der Waals surface area contributed by atoms with Gasteiger partial charge in [-0.3, -0.25) is 0 Å². The summed E-state index contributed by atoms with van der Waals surface area (Å²) in [5, 5.41) is 7.93. The SMILES string of the molecule is OCC(C(F)(F)F)(C(F)(F)F)C(F)(F)C(F)(F)F. The normalized spacial score (nSPS) is 16.0. The summed E-state index contributed by atoms with van der Waals surface area (Å²) in [6, 6.07) is 0. The number of hydrogen-bond donors (Lipinski definition) is 1. The molecule has 0 saturated carbocycles. The third kappa shape index (κ3) is 2.10. The molecule has 12 heteroatoms. The first-order valence-electron chi connectivity index (χ1n) is 3.75. The van der Waals surface area contributed by atoms with E-state index in [1.807, 2.05) is 0 Å². The van der Waals surface area contributed by atoms with Crippen LogP contribution in [0.25, 0.3) is 0 Å². The lowest BCUT2D eigenvalue weighted by Gasteiger charge is -2.41. The van der Waals surface area contributed by atoms with Crippen molar-refractivity contribution in [3.05, 3.63) is 0 Å². The van der Waals surface area contributed by atoms with Gasteiger partial charge in [0.05, 0.1) is 6.61 Å². The van der Waals surface area contributed by atoms with Gasteiger partial charge in [0.1, 0.15) is 0 Å². The zero-order valence-electron chi connectivity index (χ0n) is 7.81. The van der Waals surface area contributed by atoms with Gasteiger partial charge in [0, 0.05) is 0 Å². The molecule has 0 fully saturated rings. The molecule has 0 rings (SSSR count). The standard InChI is InChI=1S/C6H3F11O/c7-3(8,6(15,16)17)2(1-18,4(9,10)11)5(12,13)14/h18H,1H2. The molecular weight excluding hydrogens is 297 g/mol. The average Bonchev–Trinajstić information content (AvgIpc) is 1.96. The van der Waals surface area contributed by atoms with Gasteiger partial charge in [-0.05, 0) is 0 Å². The number of aliphatic hydroxyl groups excluding tert-OH is 1. The molecule has 0 amide bonds. The van der Waals surface area contributed by atoms with Crippen LogP contribution in [0.3, 0.4) is 0 Å². The quantitative estimate of drug-likeness (QED) is 0.776. The van der Waals surface area contributed by atoms with Gasteiger partial charge in [-0.25, -0.2) is 0 Å². The molecule has 0 heterocycles. The summed E-state index contributed by atoms with van der Waals surface area (Å²) in [4.78, 5) is 0. The summed E-state index contributed by atoms with van der Waals surface area (Å²) in [5.41, 5.74) is -6.61. The summed E-state index contributed by atoms with van der Waals surface area (Å²) < 4.78 is 132. The van der Waals surface area contributed by atoms with Gasteiger partial charge in [-0.15, -0.1) is 0 Å². The topological polar surface area (TPSA) is 20.2 Å². The molecule has 0 aromatic heterocycles. The summed E-state index contributed by atoms with van der Waals surface area (Å²) in [7, 11) is 0. The highest BCUT2D eigenvalue weighted by atomic mass is 19.4. The summed E-state index contributed by atoms with van der Waals surface area (Å²) in [5.74, 6) is -7.23. The van der Waals surface area contributed by atoms with Crippen LogP contribution < -0.4 is 0 Å². The fraction of sp³-hybridized carbons (Fsp3) is 1.00. The molecule has 0 saturated heterocycles. The van der Waals surface area contributed by atoms with Crippen molar-refractivity contribution in [2.75, 3.05) is 6.61 Å². The molecule has 1 nitrogen and oxygen atoms in total. The van der Waals surface area contributed by atoms with Gasteiger partial charge in [0.2, 0.25) is 0 Å². The zero-order chi connectivity index (χ0) is 15.2. The molecule has 0 aromatic carbocycles. The van der Waals surface area contributed by atoms with Crippen molar-refractivity contribution in [3.8, 4) is 0 Å². The van der Waals surface area contributed by atoms with Gasteiger partial charge >= 0.3 is 24.5 Å². The highest BCUT2D eigenvalue weighted by Gasteiger charge is 2.88. The van der Waals surface area contributed by atoms with E-state index in [9.17, 15) is 48.3 Å². The molecule has 0 aromatic rings. The minimum absolute atomic E-state index is 3.49. The third-order valence-corrected chi connectivity index (χ3v) is 2.10. The van der Waals surface area contributed by atoms with Crippen LogP contribution in [0, 0.1) is 5.41 Å². The van der Waals surface area contributed by atoms with Crippen molar-refractivity contribution in [2.24, 2.45) is 5.41 Å². The second-order valence-corrected chi connectivity index (χ2v) is 3.13. The number of halogens is 11. The van der Waals surface area contributed by atoms with Crippen LogP contribution in [0.1, 0.15) is 0 Å². The Morgan fingerprint density at radius 3 is 0.889 bits per heavy atom. The van der Waals surface area contributed by atoms with Crippen LogP contribution in [0.4, 0.5) is 48.3 Å². The molecule has 0 aliphatic heterocycles.